The van der Waals surface area contributed by atoms with Gasteiger partial charge in [-0.2, -0.15) is 0 Å². The van der Waals surface area contributed by atoms with Crippen LogP contribution in [0.25, 0.3) is 21.8 Å². The van der Waals surface area contributed by atoms with Crippen molar-refractivity contribution in [2.24, 2.45) is 0 Å². The number of hydrogen-bond acceptors (Lipinski definition) is 14. The number of pyridine rings is 2. The maximum Gasteiger partial charge on any atom is 0.573 e. The first-order valence-corrected chi connectivity index (χ1v) is 22.8. The second-order valence-electron chi connectivity index (χ2n) is 19.8. The Balaban J connectivity index is 0.000000209. The first kappa shape index (κ1) is 52.6. The number of carbonyl (C=O) groups is 4. The van der Waals surface area contributed by atoms with Gasteiger partial charge in [0.05, 0.1) is 55.1 Å². The number of halogens is 7. The van der Waals surface area contributed by atoms with Crippen LogP contribution >= 0.6 is 11.6 Å². The van der Waals surface area contributed by atoms with Gasteiger partial charge in [-0.3, -0.25) is 9.80 Å². The predicted molar refractivity (Wildman–Crippen MR) is 241 cm³/mol. The maximum atomic E-state index is 12.9. The number of alkyl halides is 7. The van der Waals surface area contributed by atoms with E-state index < -0.39 is 82.5 Å². The standard InChI is InChI=1S/C24H26ClF3N2O6.C24H27F3N2O6/c1-12-19-18(14-8-13(34-24(26,27)28)6-7-16(14)29-12)15(25)9-23(35-19)10-17(20(31)33-5)30(11-23)21(32)36-22(2,3)4;1-13-19-15(16-10-14(33-24(25,26)27)6-7-17(16)28-13)8-9-23(34-19)11-18(20(30)32-5)29(12-23)21(31)35-22(2,3)4/h6-8,15,17H,9-11H2,1-5H3;6-7,10,18H,8-9,11-12H2,1-5H3/t15?,17-,23?;18-,23?/m00/s1. The van der Waals surface area contributed by atoms with E-state index in [1.165, 1.54) is 60.4 Å². The van der Waals surface area contributed by atoms with Crippen molar-refractivity contribution >= 4 is 57.5 Å². The molecule has 71 heavy (non-hydrogen) atoms. The lowest BCUT2D eigenvalue weighted by Gasteiger charge is -2.38. The molecule has 16 nitrogen and oxygen atoms in total. The van der Waals surface area contributed by atoms with E-state index in [1.54, 1.807) is 55.4 Å². The number of esters is 2. The lowest BCUT2D eigenvalue weighted by atomic mass is 9.87. The van der Waals surface area contributed by atoms with Crippen LogP contribution in [0.15, 0.2) is 36.4 Å². The Kier molecular flexibility index (Phi) is 13.9. The zero-order valence-corrected chi connectivity index (χ0v) is 41.2. The van der Waals surface area contributed by atoms with Gasteiger partial charge in [0.15, 0.2) is 0 Å². The molecular weight excluding hydrogens is 974 g/mol. The Hall–Kier alpha value is -6.19. The van der Waals surface area contributed by atoms with Gasteiger partial charge in [0.25, 0.3) is 0 Å². The van der Waals surface area contributed by atoms with Crippen molar-refractivity contribution in [3.8, 4) is 23.0 Å². The molecule has 23 heteroatoms. The molecule has 8 rings (SSSR count). The molecule has 2 fully saturated rings. The van der Waals surface area contributed by atoms with Gasteiger partial charge in [-0.05, 0) is 105 Å². The number of amides is 2. The Bertz CT molecular complexity index is 2760. The summed E-state index contributed by atoms with van der Waals surface area (Å²) in [6.45, 7) is 13.9. The molecule has 3 unspecified atom stereocenters. The molecule has 4 aliphatic rings. The predicted octanol–water partition coefficient (Wildman–Crippen LogP) is 10.1. The number of carbonyl (C=O) groups excluding carboxylic acids is 4. The van der Waals surface area contributed by atoms with Crippen molar-refractivity contribution in [2.75, 3.05) is 27.3 Å². The Morgan fingerprint density at radius 2 is 1.10 bits per heavy atom. The summed E-state index contributed by atoms with van der Waals surface area (Å²) in [6.07, 6.45) is -9.69. The molecule has 0 saturated carbocycles. The monoisotopic (exact) mass is 1030 g/mol. The number of hydrogen-bond donors (Lipinski definition) is 0. The van der Waals surface area contributed by atoms with E-state index in [4.69, 9.17) is 40.0 Å². The highest BCUT2D eigenvalue weighted by Gasteiger charge is 2.56. The molecule has 0 aliphatic carbocycles. The molecule has 386 valence electrons. The van der Waals surface area contributed by atoms with Crippen LogP contribution in [-0.4, -0.2) is 118 Å². The van der Waals surface area contributed by atoms with Gasteiger partial charge in [-0.1, -0.05) is 0 Å². The van der Waals surface area contributed by atoms with Crippen LogP contribution < -0.4 is 18.9 Å². The first-order chi connectivity index (χ1) is 32.8. The van der Waals surface area contributed by atoms with E-state index in [-0.39, 0.29) is 38.1 Å². The molecule has 2 saturated heterocycles. The minimum atomic E-state index is -4.86. The van der Waals surface area contributed by atoms with Crippen LogP contribution in [0.1, 0.15) is 95.1 Å². The second kappa shape index (κ2) is 18.8. The summed E-state index contributed by atoms with van der Waals surface area (Å²) in [4.78, 5) is 62.4. The molecule has 5 atom stereocenters. The van der Waals surface area contributed by atoms with Crippen molar-refractivity contribution < 1.29 is 83.4 Å². The number of ether oxygens (including phenoxy) is 8. The van der Waals surface area contributed by atoms with Crippen LogP contribution in [-0.2, 0) is 35.0 Å². The third-order valence-corrected chi connectivity index (χ3v) is 12.5. The lowest BCUT2D eigenvalue weighted by Crippen LogP contribution is -2.46. The average molecular weight is 1030 g/mol. The van der Waals surface area contributed by atoms with E-state index in [2.05, 4.69) is 19.4 Å². The fraction of sp³-hybridized carbons (Fsp3) is 0.542. The zero-order chi connectivity index (χ0) is 52.4. The number of methoxy groups -OCH3 is 2. The SMILES string of the molecule is COC(=O)[C@@H]1CC2(CC(Cl)c3c(c(C)nc4ccc(OC(F)(F)F)cc34)O2)CN1C(=O)OC(C)(C)C.COC(=O)[C@@H]1CC2(CCc3c(c(C)nc4ccc(OC(F)(F)F)cc34)O2)CN1C(=O)OC(C)(C)C. The normalized spacial score (nSPS) is 23.0. The Labute approximate surface area is 409 Å². The molecule has 2 aromatic heterocycles. The number of aromatic nitrogens is 2. The molecule has 2 spiro atoms. The van der Waals surface area contributed by atoms with Gasteiger partial charge >= 0.3 is 36.8 Å². The minimum Gasteiger partial charge on any atom is -0.483 e. The van der Waals surface area contributed by atoms with Crippen molar-refractivity contribution in [1.82, 2.24) is 19.8 Å². The number of likely N-dealkylation sites (tertiary alicyclic amines) is 2. The van der Waals surface area contributed by atoms with Gasteiger partial charge in [0.1, 0.15) is 57.5 Å². The molecule has 6 heterocycles. The molecule has 4 aliphatic heterocycles. The lowest BCUT2D eigenvalue weighted by molar-refractivity contribution is -0.275. The summed E-state index contributed by atoms with van der Waals surface area (Å²) in [5.74, 6) is -1.23. The van der Waals surface area contributed by atoms with E-state index in [0.29, 0.717) is 68.7 Å². The summed E-state index contributed by atoms with van der Waals surface area (Å²) in [5.41, 5.74) is -0.360. The highest BCUT2D eigenvalue weighted by atomic mass is 35.5. The topological polar surface area (TPSA) is 174 Å². The Morgan fingerprint density at radius 3 is 1.58 bits per heavy atom. The van der Waals surface area contributed by atoms with Gasteiger partial charge < -0.3 is 37.9 Å². The van der Waals surface area contributed by atoms with Gasteiger partial charge in [0.2, 0.25) is 0 Å². The van der Waals surface area contributed by atoms with Crippen molar-refractivity contribution in [3.05, 3.63) is 58.9 Å². The quantitative estimate of drug-likeness (QED) is 0.0817. The molecule has 0 radical (unpaired) electrons. The molecule has 0 bridgehead atoms. The number of fused-ring (bicyclic) bond motifs is 6. The molecule has 0 N–H and O–H groups in total. The summed E-state index contributed by atoms with van der Waals surface area (Å²) in [6, 6.07) is 5.97. The fourth-order valence-electron chi connectivity index (χ4n) is 9.42. The number of benzene rings is 2. The third kappa shape index (κ3) is 11.6. The summed E-state index contributed by atoms with van der Waals surface area (Å²) in [7, 11) is 2.47. The maximum absolute atomic E-state index is 12.9. The molecule has 2 aromatic carbocycles. The minimum absolute atomic E-state index is 0.000951. The van der Waals surface area contributed by atoms with Crippen molar-refractivity contribution in [3.63, 3.8) is 0 Å². The highest BCUT2D eigenvalue weighted by Crippen LogP contribution is 2.52. The Morgan fingerprint density at radius 1 is 0.662 bits per heavy atom. The van der Waals surface area contributed by atoms with Crippen LogP contribution in [0.2, 0.25) is 0 Å². The first-order valence-electron chi connectivity index (χ1n) is 22.4. The van der Waals surface area contributed by atoms with Gasteiger partial charge in [-0.15, -0.1) is 37.9 Å². The van der Waals surface area contributed by atoms with Crippen LogP contribution in [0.4, 0.5) is 35.9 Å². The number of rotatable bonds is 4. The summed E-state index contributed by atoms with van der Waals surface area (Å²) < 4.78 is 118. The fourth-order valence-corrected chi connectivity index (χ4v) is 9.92. The van der Waals surface area contributed by atoms with Gasteiger partial charge in [-0.25, -0.2) is 29.1 Å². The number of nitrogens with zero attached hydrogens (tertiary/aromatic N) is 4. The summed E-state index contributed by atoms with van der Waals surface area (Å²) >= 11 is 6.83. The largest absolute Gasteiger partial charge is 0.573 e. The molecule has 4 aromatic rings. The van der Waals surface area contributed by atoms with Crippen molar-refractivity contribution in [2.45, 2.75) is 140 Å². The van der Waals surface area contributed by atoms with E-state index >= 15 is 0 Å². The summed E-state index contributed by atoms with van der Waals surface area (Å²) in [5, 5.41) is 0.142. The third-order valence-electron chi connectivity index (χ3n) is 12.1. The smallest absolute Gasteiger partial charge is 0.483 e. The average Bonchev–Trinajstić information content (AvgIpc) is 3.80. The van der Waals surface area contributed by atoms with E-state index in [1.807, 2.05) is 0 Å². The number of aryl methyl sites for hydroxylation is 3. The van der Waals surface area contributed by atoms with Gasteiger partial charge in [0, 0.05) is 41.2 Å². The highest BCUT2D eigenvalue weighted by molar-refractivity contribution is 6.22. The molecule has 2 amide bonds. The van der Waals surface area contributed by atoms with Crippen LogP contribution in [0.3, 0.4) is 0 Å². The van der Waals surface area contributed by atoms with E-state index in [0.717, 1.165) is 0 Å². The van der Waals surface area contributed by atoms with Crippen LogP contribution in [0, 0.1) is 13.8 Å². The van der Waals surface area contributed by atoms with Crippen molar-refractivity contribution in [1.29, 1.82) is 0 Å². The molecular formula is C48H53ClF6N4O12. The van der Waals surface area contributed by atoms with E-state index in [9.17, 15) is 45.5 Å². The second-order valence-corrected chi connectivity index (χ2v) is 20.4. The zero-order valence-electron chi connectivity index (χ0n) is 40.5. The van der Waals surface area contributed by atoms with Crippen LogP contribution in [0.5, 0.6) is 23.0 Å².